The van der Waals surface area contributed by atoms with Gasteiger partial charge < -0.3 is 10.1 Å². The molecule has 0 aliphatic rings. The molecular weight excluding hydrogens is 363 g/mol. The zero-order valence-corrected chi connectivity index (χ0v) is 14.6. The summed E-state index contributed by atoms with van der Waals surface area (Å²) >= 11 is 11.8. The van der Waals surface area contributed by atoms with E-state index in [-0.39, 0.29) is 10.6 Å². The van der Waals surface area contributed by atoms with Gasteiger partial charge in [-0.25, -0.2) is 4.79 Å². The maximum Gasteiger partial charge on any atom is 0.337 e. The van der Waals surface area contributed by atoms with E-state index in [0.717, 1.165) is 0 Å². The summed E-state index contributed by atoms with van der Waals surface area (Å²) < 4.78 is 4.61. The predicted octanol–water partition coefficient (Wildman–Crippen LogP) is 4.33. The molecule has 0 bridgehead atoms. The maximum atomic E-state index is 12.2. The van der Waals surface area contributed by atoms with Crippen LogP contribution in [0.5, 0.6) is 0 Å². The highest BCUT2D eigenvalue weighted by Crippen LogP contribution is 2.25. The summed E-state index contributed by atoms with van der Waals surface area (Å²) in [6.07, 6.45) is 1.40. The molecule has 0 aliphatic heterocycles. The molecule has 0 saturated carbocycles. The van der Waals surface area contributed by atoms with Crippen molar-refractivity contribution in [2.45, 2.75) is 0 Å². The van der Waals surface area contributed by atoms with Gasteiger partial charge in [-0.05, 0) is 42.0 Å². The molecule has 2 aromatic rings. The molecule has 0 radical (unpaired) electrons. The van der Waals surface area contributed by atoms with Gasteiger partial charge in [0.1, 0.15) is 11.6 Å². The Balaban J connectivity index is 2.20. The van der Waals surface area contributed by atoms with Gasteiger partial charge in [0, 0.05) is 5.02 Å². The highest BCUT2D eigenvalue weighted by molar-refractivity contribution is 6.36. The zero-order valence-electron chi connectivity index (χ0n) is 13.0. The minimum atomic E-state index is -0.608. The van der Waals surface area contributed by atoms with Crippen LogP contribution in [0.1, 0.15) is 15.9 Å². The molecule has 7 heteroatoms. The van der Waals surface area contributed by atoms with E-state index in [1.807, 2.05) is 6.07 Å². The lowest BCUT2D eigenvalue weighted by Gasteiger charge is -2.07. The van der Waals surface area contributed by atoms with Gasteiger partial charge >= 0.3 is 5.97 Å². The Hall–Kier alpha value is -2.81. The summed E-state index contributed by atoms with van der Waals surface area (Å²) in [5, 5.41) is 12.5. The average Bonchev–Trinajstić information content (AvgIpc) is 2.61. The highest BCUT2D eigenvalue weighted by Gasteiger charge is 2.12. The monoisotopic (exact) mass is 374 g/mol. The molecule has 0 aromatic heterocycles. The number of ether oxygens (including phenoxy) is 1. The summed E-state index contributed by atoms with van der Waals surface area (Å²) in [5.41, 5.74) is 1.19. The number of nitrogens with zero attached hydrogens (tertiary/aromatic N) is 1. The van der Waals surface area contributed by atoms with Crippen molar-refractivity contribution in [1.82, 2.24) is 0 Å². The summed E-state index contributed by atoms with van der Waals surface area (Å²) in [6, 6.07) is 12.7. The number of carbonyl (C=O) groups excluding carboxylic acids is 2. The van der Waals surface area contributed by atoms with E-state index in [9.17, 15) is 14.9 Å². The Labute approximate surface area is 154 Å². The fourth-order valence-corrected chi connectivity index (χ4v) is 2.38. The second kappa shape index (κ2) is 8.34. The molecular formula is C18H12Cl2N2O3. The van der Waals surface area contributed by atoms with Crippen LogP contribution in [0.25, 0.3) is 6.08 Å². The third-order valence-electron chi connectivity index (χ3n) is 3.19. The Morgan fingerprint density at radius 1 is 1.16 bits per heavy atom. The van der Waals surface area contributed by atoms with Crippen LogP contribution in [0.2, 0.25) is 10.0 Å². The Morgan fingerprint density at radius 2 is 1.84 bits per heavy atom. The number of hydrogen-bond donors (Lipinski definition) is 1. The lowest BCUT2D eigenvalue weighted by Crippen LogP contribution is -2.13. The van der Waals surface area contributed by atoms with Crippen LogP contribution < -0.4 is 5.32 Å². The van der Waals surface area contributed by atoms with Crippen molar-refractivity contribution in [3.63, 3.8) is 0 Å². The molecule has 0 atom stereocenters. The van der Waals surface area contributed by atoms with Gasteiger partial charge in [-0.2, -0.15) is 5.26 Å². The van der Waals surface area contributed by atoms with Crippen molar-refractivity contribution in [3.05, 3.63) is 69.2 Å². The molecule has 0 saturated heterocycles. The van der Waals surface area contributed by atoms with Crippen molar-refractivity contribution in [3.8, 4) is 6.07 Å². The summed E-state index contributed by atoms with van der Waals surface area (Å²) in [6.45, 7) is 0. The van der Waals surface area contributed by atoms with Gasteiger partial charge in [0.2, 0.25) is 0 Å². The molecule has 25 heavy (non-hydrogen) atoms. The van der Waals surface area contributed by atoms with Gasteiger partial charge in [0.05, 0.1) is 23.4 Å². The number of hydrogen-bond acceptors (Lipinski definition) is 4. The highest BCUT2D eigenvalue weighted by atomic mass is 35.5. The number of nitrogens with one attached hydrogen (secondary N) is 1. The van der Waals surface area contributed by atoms with Gasteiger partial charge in [-0.15, -0.1) is 0 Å². The van der Waals surface area contributed by atoms with Crippen molar-refractivity contribution in [2.75, 3.05) is 12.4 Å². The quantitative estimate of drug-likeness (QED) is 0.490. The molecule has 0 aliphatic carbocycles. The number of anilines is 1. The van der Waals surface area contributed by atoms with Gasteiger partial charge in [-0.3, -0.25) is 4.79 Å². The van der Waals surface area contributed by atoms with E-state index in [0.29, 0.717) is 21.8 Å². The minimum Gasteiger partial charge on any atom is -0.465 e. The first-order valence-corrected chi connectivity index (χ1v) is 7.76. The van der Waals surface area contributed by atoms with Crippen molar-refractivity contribution in [2.24, 2.45) is 0 Å². The fourth-order valence-electron chi connectivity index (χ4n) is 1.93. The van der Waals surface area contributed by atoms with Crippen LogP contribution >= 0.6 is 23.2 Å². The van der Waals surface area contributed by atoms with E-state index >= 15 is 0 Å². The minimum absolute atomic E-state index is 0.114. The van der Waals surface area contributed by atoms with E-state index in [1.54, 1.807) is 36.4 Å². The number of nitriles is 1. The number of amides is 1. The van der Waals surface area contributed by atoms with E-state index in [4.69, 9.17) is 23.2 Å². The Morgan fingerprint density at radius 3 is 2.40 bits per heavy atom. The van der Waals surface area contributed by atoms with Gasteiger partial charge in [0.15, 0.2) is 0 Å². The van der Waals surface area contributed by atoms with Crippen LogP contribution in [-0.2, 0) is 9.53 Å². The number of carbonyl (C=O) groups is 2. The van der Waals surface area contributed by atoms with Crippen molar-refractivity contribution < 1.29 is 14.3 Å². The summed E-state index contributed by atoms with van der Waals surface area (Å²) in [7, 11) is 1.29. The molecule has 5 nitrogen and oxygen atoms in total. The number of esters is 1. The number of benzene rings is 2. The van der Waals surface area contributed by atoms with Crippen LogP contribution in [0, 0.1) is 11.3 Å². The number of methoxy groups -OCH3 is 1. The van der Waals surface area contributed by atoms with E-state index in [1.165, 1.54) is 19.3 Å². The van der Waals surface area contributed by atoms with Crippen molar-refractivity contribution >= 4 is 46.8 Å². The summed E-state index contributed by atoms with van der Waals surface area (Å²) in [5.74, 6) is -1.07. The van der Waals surface area contributed by atoms with Crippen molar-refractivity contribution in [1.29, 1.82) is 5.26 Å². The second-order valence-corrected chi connectivity index (χ2v) is 5.71. The Bertz CT molecular complexity index is 884. The van der Waals surface area contributed by atoms with E-state index < -0.39 is 11.9 Å². The average molecular weight is 375 g/mol. The summed E-state index contributed by atoms with van der Waals surface area (Å²) in [4.78, 5) is 23.6. The smallest absolute Gasteiger partial charge is 0.337 e. The lowest BCUT2D eigenvalue weighted by molar-refractivity contribution is -0.112. The number of rotatable bonds is 4. The normalized spacial score (nSPS) is 10.7. The van der Waals surface area contributed by atoms with Gasteiger partial charge in [-0.1, -0.05) is 35.3 Å². The third-order valence-corrected chi connectivity index (χ3v) is 3.74. The number of halogens is 2. The zero-order chi connectivity index (χ0) is 18.4. The molecule has 1 amide bonds. The first kappa shape index (κ1) is 18.5. The predicted molar refractivity (Wildman–Crippen MR) is 96.5 cm³/mol. The van der Waals surface area contributed by atoms with Gasteiger partial charge in [0.25, 0.3) is 5.91 Å². The molecule has 2 rings (SSSR count). The molecule has 0 spiro atoms. The molecule has 0 fully saturated rings. The SMILES string of the molecule is COC(=O)c1ccc(/C=C(/C#N)C(=O)Nc2ccc(Cl)cc2Cl)cc1. The molecule has 2 aromatic carbocycles. The topological polar surface area (TPSA) is 79.2 Å². The first-order chi connectivity index (χ1) is 11.9. The molecule has 0 heterocycles. The third kappa shape index (κ3) is 4.83. The van der Waals surface area contributed by atoms with Crippen LogP contribution in [0.4, 0.5) is 5.69 Å². The standard InChI is InChI=1S/C18H12Cl2N2O3/c1-25-18(24)12-4-2-11(3-5-12)8-13(10-21)17(23)22-16-7-6-14(19)9-15(16)20/h2-9H,1H3,(H,22,23)/b13-8-. The fraction of sp³-hybridized carbons (Fsp3) is 0.0556. The van der Waals surface area contributed by atoms with Crippen LogP contribution in [0.3, 0.4) is 0 Å². The van der Waals surface area contributed by atoms with Crippen LogP contribution in [-0.4, -0.2) is 19.0 Å². The lowest BCUT2D eigenvalue weighted by atomic mass is 10.1. The maximum absolute atomic E-state index is 12.2. The van der Waals surface area contributed by atoms with Crippen LogP contribution in [0.15, 0.2) is 48.0 Å². The largest absolute Gasteiger partial charge is 0.465 e. The van der Waals surface area contributed by atoms with E-state index in [2.05, 4.69) is 10.1 Å². The first-order valence-electron chi connectivity index (χ1n) is 7.01. The molecule has 0 unspecified atom stereocenters. The molecule has 1 N–H and O–H groups in total. The Kier molecular flexibility index (Phi) is 6.18. The second-order valence-electron chi connectivity index (χ2n) is 4.86. The molecule has 126 valence electrons.